The molecule has 0 spiro atoms. The third-order valence-electron chi connectivity index (χ3n) is 6.46. The summed E-state index contributed by atoms with van der Waals surface area (Å²) < 4.78 is 25.5. The Morgan fingerprint density at radius 1 is 1.08 bits per heavy atom. The summed E-state index contributed by atoms with van der Waals surface area (Å²) in [5, 5.41) is 9.38. The summed E-state index contributed by atoms with van der Waals surface area (Å²) in [6, 6.07) is 13.8. The minimum atomic E-state index is -3.34. The minimum Gasteiger partial charge on any atom is -0.369 e. The molecule has 0 bridgehead atoms. The minimum absolute atomic E-state index is 0.247. The van der Waals surface area contributed by atoms with Crippen molar-refractivity contribution in [2.75, 3.05) is 22.4 Å². The molecule has 3 aromatic rings. The molecule has 0 radical (unpaired) electrons. The van der Waals surface area contributed by atoms with Gasteiger partial charge in [0.05, 0.1) is 17.7 Å². The van der Waals surface area contributed by atoms with Gasteiger partial charge in [-0.3, -0.25) is 4.72 Å². The number of nitrogens with one attached hydrogen (secondary N) is 1. The predicted molar refractivity (Wildman–Crippen MR) is 150 cm³/mol. The van der Waals surface area contributed by atoms with E-state index in [1.807, 2.05) is 0 Å². The summed E-state index contributed by atoms with van der Waals surface area (Å²) in [5.41, 5.74) is 6.04. The fraction of sp³-hybridized carbons (Fsp3) is 0.407. The summed E-state index contributed by atoms with van der Waals surface area (Å²) in [5.74, 6) is 1.10. The first-order chi connectivity index (χ1) is 17.4. The Labute approximate surface area is 218 Å². The molecule has 10 heteroatoms. The summed E-state index contributed by atoms with van der Waals surface area (Å²) in [6.45, 7) is 11.9. The third kappa shape index (κ3) is 5.16. The summed E-state index contributed by atoms with van der Waals surface area (Å²) in [4.78, 5) is 13.8. The Balaban J connectivity index is 1.52. The Kier molecular flexibility index (Phi) is 6.18. The summed E-state index contributed by atoms with van der Waals surface area (Å²) in [6.07, 6.45) is 3.30. The normalized spacial score (nSPS) is 16.7. The average molecular weight is 520 g/mol. The molecule has 0 saturated carbocycles. The number of anilines is 2. The van der Waals surface area contributed by atoms with Gasteiger partial charge in [0.25, 0.3) is 0 Å². The molecule has 2 aliphatic rings. The number of fused-ring (bicyclic) bond motifs is 2. The molecule has 1 aromatic heterocycles. The standard InChI is InChI=1S/C27H33N7O2S/c1-17(2)33-15-7-8-19-16-21(13-14-22(19)33)28-23-24(27(3,4)5)30-34-26(23)29-25(31-34)18-9-11-20(12-10-18)32-37(6,35)36/h9-14,16-17,32H,7-8,15H2,1-6H3/b28-23-. The van der Waals surface area contributed by atoms with Gasteiger partial charge in [0.15, 0.2) is 5.82 Å². The van der Waals surface area contributed by atoms with E-state index in [4.69, 9.17) is 15.1 Å². The van der Waals surface area contributed by atoms with Crippen LogP contribution in [0.3, 0.4) is 0 Å². The molecule has 0 unspecified atom stereocenters. The fourth-order valence-electron chi connectivity index (χ4n) is 4.75. The molecule has 0 aliphatic carbocycles. The maximum Gasteiger partial charge on any atom is 0.229 e. The highest BCUT2D eigenvalue weighted by Crippen LogP contribution is 2.34. The highest BCUT2D eigenvalue weighted by Gasteiger charge is 2.35. The lowest BCUT2D eigenvalue weighted by Crippen LogP contribution is -2.35. The highest BCUT2D eigenvalue weighted by atomic mass is 32.2. The maximum absolute atomic E-state index is 11.5. The molecule has 0 atom stereocenters. The molecule has 0 saturated heterocycles. The molecule has 2 aliphatic heterocycles. The lowest BCUT2D eigenvalue weighted by molar-refractivity contribution is 0.589. The van der Waals surface area contributed by atoms with Gasteiger partial charge >= 0.3 is 0 Å². The molecular formula is C27H33N7O2S. The zero-order chi connectivity index (χ0) is 26.5. The van der Waals surface area contributed by atoms with Crippen molar-refractivity contribution in [1.82, 2.24) is 14.9 Å². The van der Waals surface area contributed by atoms with Crippen LogP contribution in [0.2, 0.25) is 0 Å². The Morgan fingerprint density at radius 2 is 1.81 bits per heavy atom. The van der Waals surface area contributed by atoms with Gasteiger partial charge in [-0.25, -0.2) is 18.4 Å². The van der Waals surface area contributed by atoms with Crippen LogP contribution in [-0.2, 0) is 16.4 Å². The van der Waals surface area contributed by atoms with E-state index in [1.165, 1.54) is 11.3 Å². The van der Waals surface area contributed by atoms with Gasteiger partial charge in [0.2, 0.25) is 15.8 Å². The number of rotatable bonds is 5. The summed E-state index contributed by atoms with van der Waals surface area (Å²) in [7, 11) is -3.34. The number of benzene rings is 2. The van der Waals surface area contributed by atoms with E-state index in [-0.39, 0.29) is 5.41 Å². The monoisotopic (exact) mass is 519 g/mol. The quantitative estimate of drug-likeness (QED) is 0.518. The number of hydrogen-bond donors (Lipinski definition) is 1. The van der Waals surface area contributed by atoms with Crippen molar-refractivity contribution in [2.24, 2.45) is 15.5 Å². The number of hydrogen-bond acceptors (Lipinski definition) is 7. The van der Waals surface area contributed by atoms with Crippen molar-refractivity contribution in [3.63, 3.8) is 0 Å². The van der Waals surface area contributed by atoms with Crippen molar-refractivity contribution in [2.45, 2.75) is 53.5 Å². The zero-order valence-corrected chi connectivity index (χ0v) is 23.0. The molecule has 0 amide bonds. The number of aryl methyl sites for hydroxylation is 1. The van der Waals surface area contributed by atoms with Crippen LogP contribution in [0.1, 0.15) is 52.4 Å². The topological polar surface area (TPSA) is 105 Å². The van der Waals surface area contributed by atoms with Gasteiger partial charge in [0, 0.05) is 34.9 Å². The van der Waals surface area contributed by atoms with Gasteiger partial charge < -0.3 is 4.90 Å². The molecule has 37 heavy (non-hydrogen) atoms. The van der Waals surface area contributed by atoms with Gasteiger partial charge in [-0.15, -0.1) is 9.89 Å². The van der Waals surface area contributed by atoms with Crippen LogP contribution in [0, 0.1) is 5.41 Å². The Bertz CT molecular complexity index is 1510. The van der Waals surface area contributed by atoms with Crippen molar-refractivity contribution in [1.29, 1.82) is 0 Å². The first kappa shape index (κ1) is 25.1. The van der Waals surface area contributed by atoms with E-state index < -0.39 is 10.0 Å². The first-order valence-electron chi connectivity index (χ1n) is 12.5. The summed E-state index contributed by atoms with van der Waals surface area (Å²) >= 11 is 0. The van der Waals surface area contributed by atoms with Crippen molar-refractivity contribution in [3.05, 3.63) is 53.9 Å². The molecule has 1 N–H and O–H groups in total. The third-order valence-corrected chi connectivity index (χ3v) is 7.07. The number of aromatic nitrogens is 3. The second-order valence-corrected chi connectivity index (χ2v) is 12.7. The van der Waals surface area contributed by atoms with Gasteiger partial charge in [-0.05, 0) is 74.7 Å². The van der Waals surface area contributed by atoms with E-state index in [2.05, 4.69) is 67.5 Å². The van der Waals surface area contributed by atoms with Crippen molar-refractivity contribution in [3.8, 4) is 11.4 Å². The van der Waals surface area contributed by atoms with Crippen LogP contribution in [0.5, 0.6) is 0 Å². The van der Waals surface area contributed by atoms with E-state index in [1.54, 1.807) is 29.1 Å². The van der Waals surface area contributed by atoms with Crippen LogP contribution >= 0.6 is 0 Å². The van der Waals surface area contributed by atoms with E-state index in [0.29, 0.717) is 23.4 Å². The predicted octanol–water partition coefficient (Wildman–Crippen LogP) is 4.86. The smallest absolute Gasteiger partial charge is 0.229 e. The highest BCUT2D eigenvalue weighted by molar-refractivity contribution is 7.92. The molecule has 0 fully saturated rings. The number of sulfonamides is 1. The van der Waals surface area contributed by atoms with Crippen molar-refractivity contribution >= 4 is 38.5 Å². The molecule has 194 valence electrons. The lowest BCUT2D eigenvalue weighted by Gasteiger charge is -2.34. The maximum atomic E-state index is 11.5. The largest absolute Gasteiger partial charge is 0.369 e. The molecular weight excluding hydrogens is 486 g/mol. The lowest BCUT2D eigenvalue weighted by atomic mass is 9.87. The van der Waals surface area contributed by atoms with Crippen LogP contribution in [0.4, 0.5) is 17.1 Å². The van der Waals surface area contributed by atoms with E-state index >= 15 is 0 Å². The number of aliphatic imine (C=N–C) groups is 1. The van der Waals surface area contributed by atoms with Crippen LogP contribution in [-0.4, -0.2) is 53.6 Å². The average Bonchev–Trinajstić information content (AvgIpc) is 3.37. The molecule has 3 heterocycles. The molecule has 2 aromatic carbocycles. The van der Waals surface area contributed by atoms with Gasteiger partial charge in [-0.1, -0.05) is 20.8 Å². The van der Waals surface area contributed by atoms with Gasteiger partial charge in [0.1, 0.15) is 5.71 Å². The van der Waals surface area contributed by atoms with Crippen LogP contribution in [0.25, 0.3) is 11.4 Å². The fourth-order valence-corrected chi connectivity index (χ4v) is 5.31. The SMILES string of the molecule is CC(C)N1CCCc2cc(/N=C3/C(C(C)(C)C)=Nn4nc(-c5ccc(NS(C)(=O)=O)cc5)nc43)ccc21. The van der Waals surface area contributed by atoms with Crippen molar-refractivity contribution < 1.29 is 8.42 Å². The first-order valence-corrected chi connectivity index (χ1v) is 14.4. The molecule has 5 rings (SSSR count). The zero-order valence-electron chi connectivity index (χ0n) is 22.1. The Hall–Kier alpha value is -3.53. The van der Waals surface area contributed by atoms with Crippen LogP contribution in [0.15, 0.2) is 52.6 Å². The van der Waals surface area contributed by atoms with Gasteiger partial charge in [-0.2, -0.15) is 5.10 Å². The number of nitrogens with zero attached hydrogens (tertiary/aromatic N) is 6. The molecule has 9 nitrogen and oxygen atoms in total. The van der Waals surface area contributed by atoms with E-state index in [9.17, 15) is 8.42 Å². The second-order valence-electron chi connectivity index (χ2n) is 11.0. The van der Waals surface area contributed by atoms with Crippen LogP contribution < -0.4 is 9.62 Å². The second kappa shape index (κ2) is 9.09. The van der Waals surface area contributed by atoms with E-state index in [0.717, 1.165) is 48.3 Å². The Morgan fingerprint density at radius 3 is 2.46 bits per heavy atom.